The number of hydrogen-bond donors (Lipinski definition) is 2. The van der Waals surface area contributed by atoms with Crippen molar-refractivity contribution >= 4 is 51.1 Å². The normalized spacial score (nSPS) is 11.8. The Balaban J connectivity index is 0.00000392. The molecule has 0 radical (unpaired) electrons. The molecule has 0 atom stereocenters. The van der Waals surface area contributed by atoms with Gasteiger partial charge in [0.15, 0.2) is 15.8 Å². The summed E-state index contributed by atoms with van der Waals surface area (Å²) in [6.45, 7) is 6.27. The minimum atomic E-state index is -3.01. The molecule has 28 heavy (non-hydrogen) atoms. The number of nitrogens with one attached hydrogen (secondary N) is 2. The van der Waals surface area contributed by atoms with Gasteiger partial charge < -0.3 is 10.6 Å². The van der Waals surface area contributed by atoms with Crippen LogP contribution in [-0.2, 0) is 35.0 Å². The van der Waals surface area contributed by atoms with Crippen molar-refractivity contribution in [3.05, 3.63) is 51.5 Å². The van der Waals surface area contributed by atoms with Crippen molar-refractivity contribution in [3.8, 4) is 0 Å². The average molecular weight is 537 g/mol. The van der Waals surface area contributed by atoms with Crippen LogP contribution in [0.15, 0.2) is 35.5 Å². The fourth-order valence-electron chi connectivity index (χ4n) is 2.47. The fraction of sp³-hybridized carbons (Fsp3) is 0.474. The van der Waals surface area contributed by atoms with E-state index in [1.54, 1.807) is 11.3 Å². The number of thiazole rings is 1. The molecule has 156 valence electrons. The highest BCUT2D eigenvalue weighted by molar-refractivity contribution is 14.0. The van der Waals surface area contributed by atoms with Gasteiger partial charge in [0, 0.05) is 36.8 Å². The minimum Gasteiger partial charge on any atom is -0.357 e. The van der Waals surface area contributed by atoms with Crippen LogP contribution in [0.1, 0.15) is 34.9 Å². The number of guanidine groups is 1. The molecule has 0 saturated heterocycles. The van der Waals surface area contributed by atoms with E-state index in [9.17, 15) is 8.42 Å². The van der Waals surface area contributed by atoms with Gasteiger partial charge in [-0.25, -0.2) is 18.4 Å². The van der Waals surface area contributed by atoms with Crippen molar-refractivity contribution in [2.75, 3.05) is 19.3 Å². The van der Waals surface area contributed by atoms with E-state index in [4.69, 9.17) is 0 Å². The number of aryl methyl sites for hydroxylation is 1. The maximum absolute atomic E-state index is 11.4. The first-order valence-electron chi connectivity index (χ1n) is 9.11. The molecule has 0 fully saturated rings. The topological polar surface area (TPSA) is 83.5 Å². The predicted molar refractivity (Wildman–Crippen MR) is 128 cm³/mol. The lowest BCUT2D eigenvalue weighted by Crippen LogP contribution is -2.38. The van der Waals surface area contributed by atoms with Gasteiger partial charge in [-0.15, -0.1) is 35.3 Å². The number of rotatable bonds is 9. The number of aromatic nitrogens is 1. The van der Waals surface area contributed by atoms with Gasteiger partial charge in [-0.3, -0.25) is 0 Å². The summed E-state index contributed by atoms with van der Waals surface area (Å²) in [7, 11) is -3.01. The maximum Gasteiger partial charge on any atom is 0.191 e. The van der Waals surface area contributed by atoms with E-state index in [0.29, 0.717) is 6.54 Å². The Kier molecular flexibility index (Phi) is 11.0. The molecule has 9 heteroatoms. The molecular weight excluding hydrogens is 507 g/mol. The highest BCUT2D eigenvalue weighted by Gasteiger charge is 2.05. The summed E-state index contributed by atoms with van der Waals surface area (Å²) in [5.41, 5.74) is 1.84. The van der Waals surface area contributed by atoms with Crippen LogP contribution in [0.3, 0.4) is 0 Å². The second-order valence-electron chi connectivity index (χ2n) is 6.33. The van der Waals surface area contributed by atoms with E-state index in [2.05, 4.69) is 27.5 Å². The Morgan fingerprint density at radius 2 is 1.82 bits per heavy atom. The molecule has 2 aromatic rings. The molecule has 1 heterocycles. The zero-order chi connectivity index (χ0) is 19.7. The predicted octanol–water partition coefficient (Wildman–Crippen LogP) is 3.17. The Morgan fingerprint density at radius 1 is 1.14 bits per heavy atom. The Hall–Kier alpha value is -1.20. The average Bonchev–Trinajstić information content (AvgIpc) is 3.07. The monoisotopic (exact) mass is 536 g/mol. The van der Waals surface area contributed by atoms with Crippen LogP contribution < -0.4 is 10.6 Å². The number of halogens is 1. The molecule has 0 spiro atoms. The zero-order valence-corrected chi connectivity index (χ0v) is 20.5. The summed E-state index contributed by atoms with van der Waals surface area (Å²) in [6, 6.07) is 7.55. The fourth-order valence-corrected chi connectivity index (χ4v) is 4.13. The molecule has 2 N–H and O–H groups in total. The third-order valence-corrected chi connectivity index (χ3v) is 5.86. The third-order valence-electron chi connectivity index (χ3n) is 3.80. The molecule has 0 unspecified atom stereocenters. The molecule has 0 aliphatic carbocycles. The van der Waals surface area contributed by atoms with Gasteiger partial charge in [0.1, 0.15) is 0 Å². The molecule has 1 aromatic heterocycles. The van der Waals surface area contributed by atoms with Crippen LogP contribution in [0.2, 0.25) is 0 Å². The quantitative estimate of drug-likeness (QED) is 0.292. The van der Waals surface area contributed by atoms with Gasteiger partial charge >= 0.3 is 0 Å². The van der Waals surface area contributed by atoms with Crippen LogP contribution >= 0.6 is 35.3 Å². The number of sulfone groups is 1. The molecular formula is C19H29IN4O2S2. The standard InChI is InChI=1S/C19H28N4O2S2.HI/c1-4-17-13-22-18(26-17)10-11-21-19(20-5-2)23-12-15-6-8-16(9-7-15)14-27(3,24)25;/h6-9,13H,4-5,10-12,14H2,1-3H3,(H2,20,21,23);1H. The van der Waals surface area contributed by atoms with Crippen molar-refractivity contribution < 1.29 is 8.42 Å². The van der Waals surface area contributed by atoms with Crippen LogP contribution in [0, 0.1) is 0 Å². The Labute approximate surface area is 189 Å². The maximum atomic E-state index is 11.4. The lowest BCUT2D eigenvalue weighted by Gasteiger charge is -2.10. The Morgan fingerprint density at radius 3 is 2.39 bits per heavy atom. The molecule has 0 saturated carbocycles. The highest BCUT2D eigenvalue weighted by atomic mass is 127. The second-order valence-corrected chi connectivity index (χ2v) is 9.67. The van der Waals surface area contributed by atoms with Gasteiger partial charge in [0.2, 0.25) is 0 Å². The number of hydrogen-bond acceptors (Lipinski definition) is 5. The zero-order valence-electron chi connectivity index (χ0n) is 16.6. The Bertz CT molecular complexity index is 849. The van der Waals surface area contributed by atoms with Crippen LogP contribution in [-0.4, -0.2) is 38.7 Å². The summed E-state index contributed by atoms with van der Waals surface area (Å²) in [6.07, 6.45) is 5.09. The van der Waals surface area contributed by atoms with E-state index < -0.39 is 9.84 Å². The van der Waals surface area contributed by atoms with E-state index >= 15 is 0 Å². The molecule has 0 aliphatic heterocycles. The first kappa shape index (κ1) is 24.8. The van der Waals surface area contributed by atoms with Crippen molar-refractivity contribution in [2.45, 2.75) is 39.0 Å². The number of aliphatic imine (C=N–C) groups is 1. The minimum absolute atomic E-state index is 0. The van der Waals surface area contributed by atoms with Gasteiger partial charge in [0.25, 0.3) is 0 Å². The SMILES string of the molecule is CCNC(=NCc1ccc(CS(C)(=O)=O)cc1)NCCc1ncc(CC)s1.I. The van der Waals surface area contributed by atoms with Gasteiger partial charge in [-0.1, -0.05) is 31.2 Å². The summed E-state index contributed by atoms with van der Waals surface area (Å²) in [5.74, 6) is 0.835. The molecule has 0 bridgehead atoms. The van der Waals surface area contributed by atoms with Crippen LogP contribution in [0.25, 0.3) is 0 Å². The smallest absolute Gasteiger partial charge is 0.191 e. The number of nitrogens with zero attached hydrogens (tertiary/aromatic N) is 2. The third kappa shape index (κ3) is 9.33. The van der Waals surface area contributed by atoms with E-state index in [0.717, 1.165) is 48.0 Å². The van der Waals surface area contributed by atoms with Crippen molar-refractivity contribution in [2.24, 2.45) is 4.99 Å². The van der Waals surface area contributed by atoms with Gasteiger partial charge in [0.05, 0.1) is 17.3 Å². The number of benzene rings is 1. The largest absolute Gasteiger partial charge is 0.357 e. The van der Waals surface area contributed by atoms with Crippen LogP contribution in [0.4, 0.5) is 0 Å². The first-order chi connectivity index (χ1) is 12.9. The van der Waals surface area contributed by atoms with E-state index in [1.807, 2.05) is 37.4 Å². The van der Waals surface area contributed by atoms with E-state index in [1.165, 1.54) is 11.1 Å². The summed E-state index contributed by atoms with van der Waals surface area (Å²) >= 11 is 1.76. The van der Waals surface area contributed by atoms with E-state index in [-0.39, 0.29) is 29.7 Å². The van der Waals surface area contributed by atoms with Crippen molar-refractivity contribution in [3.63, 3.8) is 0 Å². The van der Waals surface area contributed by atoms with Gasteiger partial charge in [-0.05, 0) is 24.5 Å². The molecule has 0 aliphatic rings. The summed E-state index contributed by atoms with van der Waals surface area (Å²) < 4.78 is 22.7. The molecule has 0 amide bonds. The molecule has 6 nitrogen and oxygen atoms in total. The summed E-state index contributed by atoms with van der Waals surface area (Å²) in [4.78, 5) is 10.3. The lowest BCUT2D eigenvalue weighted by molar-refractivity contribution is 0.601. The van der Waals surface area contributed by atoms with Gasteiger partial charge in [-0.2, -0.15) is 0 Å². The molecule has 2 rings (SSSR count). The first-order valence-corrected chi connectivity index (χ1v) is 12.0. The highest BCUT2D eigenvalue weighted by Crippen LogP contribution is 2.13. The molecule has 1 aromatic carbocycles. The van der Waals surface area contributed by atoms with Crippen LogP contribution in [0.5, 0.6) is 0 Å². The van der Waals surface area contributed by atoms with Crippen molar-refractivity contribution in [1.29, 1.82) is 0 Å². The second kappa shape index (κ2) is 12.4. The summed E-state index contributed by atoms with van der Waals surface area (Å²) in [5, 5.41) is 7.71. The lowest BCUT2D eigenvalue weighted by atomic mass is 10.1. The van der Waals surface area contributed by atoms with Crippen molar-refractivity contribution in [1.82, 2.24) is 15.6 Å².